The first kappa shape index (κ1) is 25.6. The first-order valence-corrected chi connectivity index (χ1v) is 13.4. The maximum Gasteiger partial charge on any atom is 0.227 e. The Morgan fingerprint density at radius 3 is 2.67 bits per heavy atom. The topological polar surface area (TPSA) is 108 Å². The number of piperidine rings is 1. The van der Waals surface area contributed by atoms with Gasteiger partial charge in [-0.1, -0.05) is 13.8 Å². The number of fused-ring (bicyclic) bond motifs is 1. The van der Waals surface area contributed by atoms with Crippen molar-refractivity contribution in [1.82, 2.24) is 34.6 Å². The molecule has 2 aliphatic heterocycles. The van der Waals surface area contributed by atoms with Crippen LogP contribution in [0.2, 0.25) is 0 Å². The lowest BCUT2D eigenvalue weighted by molar-refractivity contribution is -0.00860. The molecule has 2 saturated heterocycles. The van der Waals surface area contributed by atoms with Crippen LogP contribution in [0.4, 0.5) is 22.0 Å². The smallest absolute Gasteiger partial charge is 0.227 e. The molecular weight excluding hydrogens is 497 g/mol. The number of hydrogen-bond acceptors (Lipinski definition) is 9. The zero-order valence-electron chi connectivity index (χ0n) is 22.7. The molecule has 39 heavy (non-hydrogen) atoms. The van der Waals surface area contributed by atoms with Crippen LogP contribution < -0.4 is 10.2 Å². The molecule has 4 aromatic heterocycles. The van der Waals surface area contributed by atoms with Gasteiger partial charge in [0.15, 0.2) is 5.67 Å². The summed E-state index contributed by atoms with van der Waals surface area (Å²) in [6, 6.07) is 4.18. The Morgan fingerprint density at radius 2 is 1.92 bits per heavy atom. The summed E-state index contributed by atoms with van der Waals surface area (Å²) in [4.78, 5) is 22.5. The molecule has 2 N–H and O–H groups in total. The lowest BCUT2D eigenvalue weighted by Gasteiger charge is -2.38. The fourth-order valence-corrected chi connectivity index (χ4v) is 5.42. The second kappa shape index (κ2) is 9.80. The molecule has 10 nitrogen and oxygen atoms in total. The van der Waals surface area contributed by atoms with Crippen LogP contribution >= 0.6 is 0 Å². The molecule has 0 saturated carbocycles. The fourth-order valence-electron chi connectivity index (χ4n) is 5.42. The molecule has 2 fully saturated rings. The van der Waals surface area contributed by atoms with Gasteiger partial charge in [-0.05, 0) is 49.4 Å². The average Bonchev–Trinajstić information content (AvgIpc) is 3.37. The fraction of sp³-hybridized carbons (Fsp3) is 0.464. The number of pyridine rings is 2. The molecule has 11 heteroatoms. The molecule has 0 amide bonds. The van der Waals surface area contributed by atoms with E-state index in [-0.39, 0.29) is 12.5 Å². The lowest BCUT2D eigenvalue weighted by atomic mass is 9.94. The summed E-state index contributed by atoms with van der Waals surface area (Å²) < 4.78 is 16.8. The van der Waals surface area contributed by atoms with Crippen molar-refractivity contribution in [3.05, 3.63) is 48.7 Å². The van der Waals surface area contributed by atoms with Crippen molar-refractivity contribution in [3.63, 3.8) is 0 Å². The summed E-state index contributed by atoms with van der Waals surface area (Å²) in [6.07, 6.45) is 8.74. The van der Waals surface area contributed by atoms with Crippen molar-refractivity contribution in [2.75, 3.05) is 43.4 Å². The maximum absolute atomic E-state index is 14.7. The largest absolute Gasteiger partial charge is 0.390 e. The SMILES string of the molecule is CC(C)c1cnc(-c2cnn(C3CN(C)C3)c2)c2cnc(Nc3ccnc(N4CC[C@@H](O)[C@@](C)(F)C4)n3)cc12. The minimum Gasteiger partial charge on any atom is -0.390 e. The quantitative estimate of drug-likeness (QED) is 0.382. The molecule has 6 heterocycles. The van der Waals surface area contributed by atoms with Gasteiger partial charge in [-0.3, -0.25) is 9.67 Å². The molecule has 2 aliphatic rings. The van der Waals surface area contributed by atoms with Gasteiger partial charge in [0.05, 0.1) is 30.6 Å². The van der Waals surface area contributed by atoms with Crippen LogP contribution in [0.15, 0.2) is 43.1 Å². The molecular formula is C28H34FN9O. The highest BCUT2D eigenvalue weighted by Crippen LogP contribution is 2.34. The van der Waals surface area contributed by atoms with Gasteiger partial charge in [-0.25, -0.2) is 14.4 Å². The maximum atomic E-state index is 14.7. The number of likely N-dealkylation sites (N-methyl/N-ethyl adjacent to an activating group) is 1. The third kappa shape index (κ3) is 4.92. The van der Waals surface area contributed by atoms with E-state index in [2.05, 4.69) is 52.4 Å². The van der Waals surface area contributed by atoms with E-state index in [1.807, 2.05) is 29.3 Å². The van der Waals surface area contributed by atoms with Crippen molar-refractivity contribution < 1.29 is 9.50 Å². The predicted octanol–water partition coefficient (Wildman–Crippen LogP) is 3.94. The van der Waals surface area contributed by atoms with Gasteiger partial charge < -0.3 is 20.2 Å². The van der Waals surface area contributed by atoms with E-state index in [0.717, 1.165) is 40.7 Å². The third-order valence-corrected chi connectivity index (χ3v) is 7.77. The number of hydrogen-bond donors (Lipinski definition) is 2. The highest BCUT2D eigenvalue weighted by Gasteiger charge is 2.39. The molecule has 0 radical (unpaired) electrons. The van der Waals surface area contributed by atoms with Gasteiger partial charge in [0.25, 0.3) is 0 Å². The van der Waals surface area contributed by atoms with Crippen LogP contribution in [0.25, 0.3) is 22.0 Å². The molecule has 0 bridgehead atoms. The van der Waals surface area contributed by atoms with E-state index >= 15 is 0 Å². The highest BCUT2D eigenvalue weighted by atomic mass is 19.1. The average molecular weight is 532 g/mol. The summed E-state index contributed by atoms with van der Waals surface area (Å²) in [5.74, 6) is 1.89. The molecule has 4 aromatic rings. The van der Waals surface area contributed by atoms with E-state index in [0.29, 0.717) is 36.6 Å². The van der Waals surface area contributed by atoms with E-state index in [1.54, 1.807) is 17.2 Å². The standard InChI is InChI=1S/C28H34FN9O/c1-17(2)21-11-32-26(18-10-33-38(13-18)19-14-36(4)15-19)22-12-31-25(9-20(21)22)34-24-5-7-30-27(35-24)37-8-6-23(39)28(3,29)16-37/h5,7,9-13,17,19,23,39H,6,8,14-16H2,1-4H3,(H,30,31,34,35)/t23-,28+/m1/s1. The van der Waals surface area contributed by atoms with Crippen molar-refractivity contribution in [2.45, 2.75) is 50.9 Å². The number of halogens is 1. The van der Waals surface area contributed by atoms with E-state index in [9.17, 15) is 9.50 Å². The first-order valence-electron chi connectivity index (χ1n) is 13.4. The Kier molecular flexibility index (Phi) is 6.43. The van der Waals surface area contributed by atoms with Gasteiger partial charge in [-0.15, -0.1) is 0 Å². The second-order valence-electron chi connectivity index (χ2n) is 11.3. The van der Waals surface area contributed by atoms with Crippen molar-refractivity contribution in [1.29, 1.82) is 0 Å². The van der Waals surface area contributed by atoms with Gasteiger partial charge in [0, 0.05) is 55.4 Å². The second-order valence-corrected chi connectivity index (χ2v) is 11.3. The number of aliphatic hydroxyl groups is 1. The molecule has 0 unspecified atom stereocenters. The molecule has 6 rings (SSSR count). The zero-order chi connectivity index (χ0) is 27.3. The Balaban J connectivity index is 1.30. The normalized spacial score (nSPS) is 22.4. The molecule has 2 atom stereocenters. The molecule has 0 aromatic carbocycles. The first-order chi connectivity index (χ1) is 18.7. The minimum atomic E-state index is -1.71. The van der Waals surface area contributed by atoms with Gasteiger partial charge >= 0.3 is 0 Å². The van der Waals surface area contributed by atoms with Gasteiger partial charge in [0.1, 0.15) is 11.6 Å². The number of aliphatic hydroxyl groups excluding tert-OH is 1. The number of anilines is 3. The Hall–Kier alpha value is -3.70. The number of likely N-dealkylation sites (tertiary alicyclic amines) is 1. The van der Waals surface area contributed by atoms with Gasteiger partial charge in [-0.2, -0.15) is 10.1 Å². The minimum absolute atomic E-state index is 0.0351. The van der Waals surface area contributed by atoms with E-state index < -0.39 is 11.8 Å². The third-order valence-electron chi connectivity index (χ3n) is 7.77. The predicted molar refractivity (Wildman–Crippen MR) is 149 cm³/mol. The zero-order valence-corrected chi connectivity index (χ0v) is 22.7. The van der Waals surface area contributed by atoms with Crippen LogP contribution in [0.1, 0.15) is 44.7 Å². The summed E-state index contributed by atoms with van der Waals surface area (Å²) in [5.41, 5.74) is 1.25. The summed E-state index contributed by atoms with van der Waals surface area (Å²) in [5, 5.41) is 19.9. The summed E-state index contributed by atoms with van der Waals surface area (Å²) in [6.45, 7) is 8.23. The number of aromatic nitrogens is 6. The highest BCUT2D eigenvalue weighted by molar-refractivity contribution is 5.97. The summed E-state index contributed by atoms with van der Waals surface area (Å²) in [7, 11) is 2.11. The van der Waals surface area contributed by atoms with Crippen molar-refractivity contribution in [2.24, 2.45) is 0 Å². The number of alkyl halides is 1. The number of nitrogens with one attached hydrogen (secondary N) is 1. The summed E-state index contributed by atoms with van der Waals surface area (Å²) >= 11 is 0. The molecule has 204 valence electrons. The van der Waals surface area contributed by atoms with E-state index in [1.165, 1.54) is 6.92 Å². The van der Waals surface area contributed by atoms with Crippen LogP contribution in [-0.2, 0) is 0 Å². The van der Waals surface area contributed by atoms with Crippen LogP contribution in [0.3, 0.4) is 0 Å². The number of rotatable bonds is 6. The monoisotopic (exact) mass is 531 g/mol. The molecule has 0 spiro atoms. The number of nitrogens with zero attached hydrogens (tertiary/aromatic N) is 8. The van der Waals surface area contributed by atoms with Crippen molar-refractivity contribution in [3.8, 4) is 11.3 Å². The van der Waals surface area contributed by atoms with E-state index in [4.69, 9.17) is 9.97 Å². The molecule has 0 aliphatic carbocycles. The van der Waals surface area contributed by atoms with Crippen LogP contribution in [0.5, 0.6) is 0 Å². The Labute approximate surface area is 226 Å². The van der Waals surface area contributed by atoms with Crippen molar-refractivity contribution >= 4 is 28.4 Å². The Bertz CT molecular complexity index is 1500. The van der Waals surface area contributed by atoms with Crippen LogP contribution in [0, 0.1) is 0 Å². The van der Waals surface area contributed by atoms with Crippen LogP contribution in [-0.4, -0.2) is 84.7 Å². The van der Waals surface area contributed by atoms with Gasteiger partial charge in [0.2, 0.25) is 5.95 Å². The Morgan fingerprint density at radius 1 is 1.10 bits per heavy atom. The lowest BCUT2D eigenvalue weighted by Crippen LogP contribution is -2.52.